The summed E-state index contributed by atoms with van der Waals surface area (Å²) < 4.78 is 31.7. The first-order valence-electron chi connectivity index (χ1n) is 12.4. The molecule has 2 amide bonds. The van der Waals surface area contributed by atoms with Crippen molar-refractivity contribution in [1.29, 1.82) is 0 Å². The van der Waals surface area contributed by atoms with E-state index in [1.165, 1.54) is 37.9 Å². The summed E-state index contributed by atoms with van der Waals surface area (Å²) in [5, 5.41) is 13.5. The number of nitrogens with two attached hydrogens (primary N) is 1. The molecule has 8 nitrogen and oxygen atoms in total. The number of halogens is 3. The number of hydrogen-bond donors (Lipinski definition) is 4. The van der Waals surface area contributed by atoms with Gasteiger partial charge >= 0.3 is 12.1 Å². The van der Waals surface area contributed by atoms with Gasteiger partial charge in [-0.2, -0.15) is 13.2 Å². The standard InChI is InChI=1S/C25H30N4O2.C2HF3O2/c1-2-6-21(23-20-12-9-18(24(26)30)15-22(20)28-25(23)31)27-19-10-7-17(8-11-19)16-29-13-4-3-5-14-29;3-2(4,5)1(6)7/h7-12,15,27H,2-6,13-14,16H2,1H3,(H2,26,30)(H,28,31);(H,6,7)/b23-21-;. The van der Waals surface area contributed by atoms with Crippen molar-refractivity contribution < 1.29 is 32.7 Å². The van der Waals surface area contributed by atoms with E-state index in [4.69, 9.17) is 15.6 Å². The number of nitrogens with zero attached hydrogens (tertiary/aromatic N) is 1. The minimum atomic E-state index is -5.08. The number of fused-ring (bicyclic) bond motifs is 1. The summed E-state index contributed by atoms with van der Waals surface area (Å²) in [4.78, 5) is 35.6. The summed E-state index contributed by atoms with van der Waals surface area (Å²) in [7, 11) is 0. The van der Waals surface area contributed by atoms with E-state index in [0.717, 1.165) is 36.3 Å². The summed E-state index contributed by atoms with van der Waals surface area (Å²) in [6.07, 6.45) is 0.487. The molecule has 204 valence electrons. The number of amides is 2. The number of likely N-dealkylation sites (tertiary alicyclic amines) is 1. The maximum absolute atomic E-state index is 12.8. The Morgan fingerprint density at radius 3 is 2.26 bits per heavy atom. The second kappa shape index (κ2) is 12.6. The molecule has 0 unspecified atom stereocenters. The summed E-state index contributed by atoms with van der Waals surface area (Å²) in [6.45, 7) is 5.44. The molecule has 0 bridgehead atoms. The Morgan fingerprint density at radius 1 is 1.08 bits per heavy atom. The Balaban J connectivity index is 0.000000505. The van der Waals surface area contributed by atoms with E-state index in [9.17, 15) is 22.8 Å². The molecule has 0 aromatic heterocycles. The third-order valence-electron chi connectivity index (χ3n) is 6.20. The maximum Gasteiger partial charge on any atom is 0.490 e. The smallest absolute Gasteiger partial charge is 0.475 e. The number of carboxylic acid groups (broad SMARTS) is 1. The van der Waals surface area contributed by atoms with Crippen LogP contribution in [0.15, 0.2) is 48.2 Å². The topological polar surface area (TPSA) is 125 Å². The molecule has 1 fully saturated rings. The lowest BCUT2D eigenvalue weighted by atomic mass is 10.0. The highest BCUT2D eigenvalue weighted by Gasteiger charge is 2.38. The van der Waals surface area contributed by atoms with E-state index in [1.54, 1.807) is 18.2 Å². The fourth-order valence-corrected chi connectivity index (χ4v) is 4.37. The predicted octanol–water partition coefficient (Wildman–Crippen LogP) is 4.98. The van der Waals surface area contributed by atoms with Gasteiger partial charge in [-0.05, 0) is 62.2 Å². The molecule has 2 aliphatic heterocycles. The highest BCUT2D eigenvalue weighted by molar-refractivity contribution is 6.32. The van der Waals surface area contributed by atoms with Crippen molar-refractivity contribution in [3.63, 3.8) is 0 Å². The van der Waals surface area contributed by atoms with Crippen molar-refractivity contribution in [3.05, 3.63) is 64.9 Å². The van der Waals surface area contributed by atoms with Crippen LogP contribution >= 0.6 is 0 Å². The van der Waals surface area contributed by atoms with Gasteiger partial charge in [0.1, 0.15) is 0 Å². The van der Waals surface area contributed by atoms with Crippen molar-refractivity contribution in [2.45, 2.75) is 51.7 Å². The number of benzene rings is 2. The number of nitrogens with one attached hydrogen (secondary N) is 2. The number of carboxylic acids is 1. The van der Waals surface area contributed by atoms with Gasteiger partial charge in [0, 0.05) is 34.7 Å². The average Bonchev–Trinajstić information content (AvgIpc) is 3.20. The Labute approximate surface area is 218 Å². The molecule has 2 aromatic rings. The van der Waals surface area contributed by atoms with Gasteiger partial charge in [-0.3, -0.25) is 14.5 Å². The molecule has 2 aromatic carbocycles. The van der Waals surface area contributed by atoms with Gasteiger partial charge in [0.05, 0.1) is 5.57 Å². The molecule has 0 aliphatic carbocycles. The van der Waals surface area contributed by atoms with E-state index >= 15 is 0 Å². The molecule has 0 radical (unpaired) electrons. The number of carbonyl (C=O) groups excluding carboxylic acids is 2. The van der Waals surface area contributed by atoms with Gasteiger partial charge < -0.3 is 21.5 Å². The number of hydrogen-bond acceptors (Lipinski definition) is 5. The number of alkyl halides is 3. The van der Waals surface area contributed by atoms with Gasteiger partial charge in [-0.25, -0.2) is 4.79 Å². The lowest BCUT2D eigenvalue weighted by Crippen LogP contribution is -2.29. The first-order valence-corrected chi connectivity index (χ1v) is 12.4. The maximum atomic E-state index is 12.8. The Morgan fingerprint density at radius 2 is 1.71 bits per heavy atom. The quantitative estimate of drug-likeness (QED) is 0.373. The van der Waals surface area contributed by atoms with Crippen LogP contribution in [0, 0.1) is 0 Å². The molecule has 38 heavy (non-hydrogen) atoms. The summed E-state index contributed by atoms with van der Waals surface area (Å²) in [5.74, 6) is -3.42. The number of aliphatic carboxylic acids is 1. The van der Waals surface area contributed by atoms with E-state index < -0.39 is 18.1 Å². The molecule has 0 spiro atoms. The SMILES string of the molecule is CCC/C(Nc1ccc(CN2CCCCC2)cc1)=C1/C(=O)Nc2cc(C(N)=O)ccc21.O=C(O)C(F)(F)F. The highest BCUT2D eigenvalue weighted by Crippen LogP contribution is 2.36. The first-order chi connectivity index (χ1) is 18.0. The number of primary amides is 1. The van der Waals surface area contributed by atoms with Crippen LogP contribution in [-0.4, -0.2) is 47.1 Å². The average molecular weight is 533 g/mol. The van der Waals surface area contributed by atoms with Crippen LogP contribution in [-0.2, 0) is 16.1 Å². The molecule has 0 atom stereocenters. The molecule has 1 saturated heterocycles. The zero-order valence-electron chi connectivity index (χ0n) is 21.0. The van der Waals surface area contributed by atoms with Crippen molar-refractivity contribution in [2.24, 2.45) is 5.73 Å². The highest BCUT2D eigenvalue weighted by atomic mass is 19.4. The number of anilines is 2. The zero-order valence-corrected chi connectivity index (χ0v) is 21.0. The zero-order chi connectivity index (χ0) is 27.9. The van der Waals surface area contributed by atoms with Crippen molar-refractivity contribution >= 4 is 34.7 Å². The van der Waals surface area contributed by atoms with E-state index in [0.29, 0.717) is 16.8 Å². The summed E-state index contributed by atoms with van der Waals surface area (Å²) in [5.41, 5.74) is 11.0. The van der Waals surface area contributed by atoms with E-state index in [-0.39, 0.29) is 5.91 Å². The lowest BCUT2D eigenvalue weighted by Gasteiger charge is -2.26. The van der Waals surface area contributed by atoms with Crippen LogP contribution in [0.4, 0.5) is 24.5 Å². The minimum absolute atomic E-state index is 0.158. The summed E-state index contributed by atoms with van der Waals surface area (Å²) >= 11 is 0. The van der Waals surface area contributed by atoms with Gasteiger partial charge in [0.2, 0.25) is 5.91 Å². The molecule has 11 heteroatoms. The van der Waals surface area contributed by atoms with Gasteiger partial charge in [-0.15, -0.1) is 0 Å². The fourth-order valence-electron chi connectivity index (χ4n) is 4.37. The fraction of sp³-hybridized carbons (Fsp3) is 0.370. The van der Waals surface area contributed by atoms with Gasteiger partial charge in [0.25, 0.3) is 5.91 Å². The van der Waals surface area contributed by atoms with Crippen molar-refractivity contribution in [2.75, 3.05) is 23.7 Å². The Bertz CT molecular complexity index is 1200. The molecular weight excluding hydrogens is 501 g/mol. The number of piperidine rings is 1. The Kier molecular flexibility index (Phi) is 9.51. The van der Waals surface area contributed by atoms with Crippen LogP contribution in [0.5, 0.6) is 0 Å². The van der Waals surface area contributed by atoms with Gasteiger partial charge in [-0.1, -0.05) is 38.0 Å². The second-order valence-corrected chi connectivity index (χ2v) is 9.14. The Hall–Kier alpha value is -3.86. The van der Waals surface area contributed by atoms with Crippen LogP contribution in [0.3, 0.4) is 0 Å². The van der Waals surface area contributed by atoms with E-state index in [1.807, 2.05) is 0 Å². The van der Waals surface area contributed by atoms with Crippen LogP contribution in [0.25, 0.3) is 5.57 Å². The van der Waals surface area contributed by atoms with Crippen molar-refractivity contribution in [1.82, 2.24) is 4.90 Å². The number of allylic oxidation sites excluding steroid dienone is 1. The monoisotopic (exact) mass is 532 g/mol. The van der Waals surface area contributed by atoms with Crippen LogP contribution < -0.4 is 16.4 Å². The number of rotatable bonds is 7. The first kappa shape index (κ1) is 28.7. The lowest BCUT2D eigenvalue weighted by molar-refractivity contribution is -0.192. The predicted molar refractivity (Wildman–Crippen MR) is 138 cm³/mol. The normalized spacial score (nSPS) is 16.6. The molecular formula is C27H31F3N4O4. The number of carbonyl (C=O) groups is 3. The molecule has 2 aliphatic rings. The third-order valence-corrected chi connectivity index (χ3v) is 6.20. The molecule has 5 N–H and O–H groups in total. The molecule has 4 rings (SSSR count). The minimum Gasteiger partial charge on any atom is -0.475 e. The summed E-state index contributed by atoms with van der Waals surface area (Å²) in [6, 6.07) is 13.6. The van der Waals surface area contributed by atoms with Crippen LogP contribution in [0.2, 0.25) is 0 Å². The largest absolute Gasteiger partial charge is 0.490 e. The van der Waals surface area contributed by atoms with Crippen molar-refractivity contribution in [3.8, 4) is 0 Å². The second-order valence-electron chi connectivity index (χ2n) is 9.14. The third kappa shape index (κ3) is 7.58. The van der Waals surface area contributed by atoms with E-state index in [2.05, 4.69) is 46.7 Å². The van der Waals surface area contributed by atoms with Crippen LogP contribution in [0.1, 0.15) is 60.5 Å². The molecule has 2 heterocycles. The van der Waals surface area contributed by atoms with Gasteiger partial charge in [0.15, 0.2) is 0 Å². The molecule has 0 saturated carbocycles.